The minimum Gasteiger partial charge on any atom is -0.369 e. The molecule has 2 rings (SSSR count). The number of rotatable bonds is 2. The molecule has 0 saturated heterocycles. The number of hydrogen-bond acceptors (Lipinski definition) is 6. The Labute approximate surface area is 113 Å². The minimum absolute atomic E-state index is 0.168. The summed E-state index contributed by atoms with van der Waals surface area (Å²) in [4.78, 5) is 13.9. The van der Waals surface area contributed by atoms with Crippen molar-refractivity contribution in [1.29, 1.82) is 0 Å². The van der Waals surface area contributed by atoms with Crippen LogP contribution in [0.3, 0.4) is 0 Å². The molecule has 0 saturated carbocycles. The molecule has 0 bridgehead atoms. The standard InChI is InChI=1S/C10H11FN4O4S/c1-14-10(12)13-9(5-20(14,18)19)7-4-6(15(16)17)2-3-8(7)11/h2-4,9H,5H2,1H3,(H2,12,13)/t9-/m0/s1. The van der Waals surface area contributed by atoms with E-state index in [0.29, 0.717) is 0 Å². The molecule has 8 nitrogen and oxygen atoms in total. The minimum atomic E-state index is -3.72. The molecule has 20 heavy (non-hydrogen) atoms. The van der Waals surface area contributed by atoms with Crippen LogP contribution in [-0.4, -0.2) is 36.4 Å². The van der Waals surface area contributed by atoms with E-state index in [1.165, 1.54) is 7.05 Å². The van der Waals surface area contributed by atoms with E-state index in [9.17, 15) is 22.9 Å². The van der Waals surface area contributed by atoms with Gasteiger partial charge in [0.05, 0.1) is 16.7 Å². The molecule has 1 heterocycles. The Morgan fingerprint density at radius 2 is 2.20 bits per heavy atom. The summed E-state index contributed by atoms with van der Waals surface area (Å²) in [6, 6.07) is 1.77. The number of sulfonamides is 1. The molecule has 0 unspecified atom stereocenters. The van der Waals surface area contributed by atoms with Gasteiger partial charge in [-0.05, 0) is 6.07 Å². The number of nitrogens with two attached hydrogens (primary N) is 1. The van der Waals surface area contributed by atoms with Crippen LogP contribution in [0.2, 0.25) is 0 Å². The van der Waals surface area contributed by atoms with Gasteiger partial charge >= 0.3 is 0 Å². The van der Waals surface area contributed by atoms with Crippen LogP contribution in [0.25, 0.3) is 0 Å². The lowest BCUT2D eigenvalue weighted by Crippen LogP contribution is -2.45. The van der Waals surface area contributed by atoms with E-state index >= 15 is 0 Å². The maximum atomic E-state index is 13.8. The fourth-order valence-electron chi connectivity index (χ4n) is 1.79. The Hall–Kier alpha value is -2.23. The topological polar surface area (TPSA) is 119 Å². The van der Waals surface area contributed by atoms with Gasteiger partial charge in [0, 0.05) is 24.7 Å². The van der Waals surface area contributed by atoms with Crippen LogP contribution in [0.1, 0.15) is 11.6 Å². The van der Waals surface area contributed by atoms with Crippen molar-refractivity contribution in [2.24, 2.45) is 10.7 Å². The number of benzene rings is 1. The Kier molecular flexibility index (Phi) is 3.34. The first-order valence-electron chi connectivity index (χ1n) is 5.46. The summed E-state index contributed by atoms with van der Waals surface area (Å²) in [5, 5.41) is 10.7. The van der Waals surface area contributed by atoms with Crippen molar-refractivity contribution in [1.82, 2.24) is 4.31 Å². The Morgan fingerprint density at radius 3 is 2.75 bits per heavy atom. The number of nitrogens with zero attached hydrogens (tertiary/aromatic N) is 3. The predicted octanol–water partition coefficient (Wildman–Crippen LogP) is 0.365. The highest BCUT2D eigenvalue weighted by molar-refractivity contribution is 7.89. The second-order valence-corrected chi connectivity index (χ2v) is 6.26. The van der Waals surface area contributed by atoms with E-state index in [1.54, 1.807) is 0 Å². The maximum absolute atomic E-state index is 13.8. The summed E-state index contributed by atoms with van der Waals surface area (Å²) < 4.78 is 38.2. The first kappa shape index (κ1) is 14.2. The van der Waals surface area contributed by atoms with E-state index in [1.807, 2.05) is 0 Å². The highest BCUT2D eigenvalue weighted by Gasteiger charge is 2.33. The van der Waals surface area contributed by atoms with Gasteiger partial charge in [0.25, 0.3) is 5.69 Å². The quantitative estimate of drug-likeness (QED) is 0.625. The average Bonchev–Trinajstić information content (AvgIpc) is 2.35. The van der Waals surface area contributed by atoms with Crippen LogP contribution >= 0.6 is 0 Å². The Morgan fingerprint density at radius 1 is 1.55 bits per heavy atom. The molecule has 108 valence electrons. The summed E-state index contributed by atoms with van der Waals surface area (Å²) in [5.74, 6) is -1.55. The average molecular weight is 302 g/mol. The number of non-ortho nitro benzene ring substituents is 1. The summed E-state index contributed by atoms with van der Waals surface area (Å²) in [6.45, 7) is 0. The van der Waals surface area contributed by atoms with Gasteiger partial charge in [-0.3, -0.25) is 10.1 Å². The monoisotopic (exact) mass is 302 g/mol. The number of halogens is 1. The Bertz CT molecular complexity index is 703. The van der Waals surface area contributed by atoms with Crippen LogP contribution in [0.4, 0.5) is 10.1 Å². The normalized spacial score (nSPS) is 21.4. The van der Waals surface area contributed by atoms with Crippen molar-refractivity contribution in [2.75, 3.05) is 12.8 Å². The summed E-state index contributed by atoms with van der Waals surface area (Å²) in [5.41, 5.74) is 4.96. The first-order chi connectivity index (χ1) is 9.22. The van der Waals surface area contributed by atoms with E-state index < -0.39 is 32.6 Å². The zero-order valence-corrected chi connectivity index (χ0v) is 11.2. The van der Waals surface area contributed by atoms with Crippen LogP contribution in [-0.2, 0) is 10.0 Å². The van der Waals surface area contributed by atoms with E-state index in [4.69, 9.17) is 5.73 Å². The lowest BCUT2D eigenvalue weighted by molar-refractivity contribution is -0.385. The highest BCUT2D eigenvalue weighted by Crippen LogP contribution is 2.29. The molecule has 10 heteroatoms. The summed E-state index contributed by atoms with van der Waals surface area (Å²) >= 11 is 0. The number of guanidine groups is 1. The molecule has 0 amide bonds. The largest absolute Gasteiger partial charge is 0.369 e. The van der Waals surface area contributed by atoms with Gasteiger partial charge in [-0.2, -0.15) is 0 Å². The Balaban J connectivity index is 2.52. The fraction of sp³-hybridized carbons (Fsp3) is 0.300. The van der Waals surface area contributed by atoms with E-state index in [-0.39, 0.29) is 17.2 Å². The smallest absolute Gasteiger partial charge is 0.269 e. The van der Waals surface area contributed by atoms with Crippen molar-refractivity contribution in [3.63, 3.8) is 0 Å². The van der Waals surface area contributed by atoms with Gasteiger partial charge in [-0.25, -0.2) is 22.1 Å². The van der Waals surface area contributed by atoms with Gasteiger partial charge < -0.3 is 5.73 Å². The maximum Gasteiger partial charge on any atom is 0.269 e. The summed E-state index contributed by atoms with van der Waals surface area (Å²) in [6.07, 6.45) is 0. The third kappa shape index (κ3) is 2.41. The lowest BCUT2D eigenvalue weighted by Gasteiger charge is -2.27. The van der Waals surface area contributed by atoms with E-state index in [0.717, 1.165) is 22.5 Å². The van der Waals surface area contributed by atoms with Crippen molar-refractivity contribution in [3.8, 4) is 0 Å². The number of nitro benzene ring substituents is 1. The third-order valence-corrected chi connectivity index (χ3v) is 4.70. The molecule has 1 aliphatic heterocycles. The van der Waals surface area contributed by atoms with Crippen molar-refractivity contribution in [2.45, 2.75) is 6.04 Å². The van der Waals surface area contributed by atoms with Gasteiger partial charge in [-0.15, -0.1) is 0 Å². The first-order valence-corrected chi connectivity index (χ1v) is 7.07. The number of nitro groups is 1. The number of hydrogen-bond donors (Lipinski definition) is 1. The predicted molar refractivity (Wildman–Crippen MR) is 69.0 cm³/mol. The molecule has 1 aromatic rings. The van der Waals surface area contributed by atoms with Crippen molar-refractivity contribution >= 4 is 21.7 Å². The molecular formula is C10H11FN4O4S. The van der Waals surface area contributed by atoms with E-state index in [2.05, 4.69) is 4.99 Å². The van der Waals surface area contributed by atoms with Gasteiger partial charge in [0.2, 0.25) is 16.0 Å². The van der Waals surface area contributed by atoms with Crippen LogP contribution in [0.5, 0.6) is 0 Å². The zero-order chi connectivity index (χ0) is 15.1. The molecule has 0 spiro atoms. The molecule has 0 radical (unpaired) electrons. The van der Waals surface area contributed by atoms with Crippen molar-refractivity contribution in [3.05, 3.63) is 39.7 Å². The fourth-order valence-corrected chi connectivity index (χ4v) is 3.00. The second-order valence-electron chi connectivity index (χ2n) is 4.21. The van der Waals surface area contributed by atoms with Gasteiger partial charge in [0.1, 0.15) is 5.82 Å². The highest BCUT2D eigenvalue weighted by atomic mass is 32.2. The molecule has 1 aromatic carbocycles. The lowest BCUT2D eigenvalue weighted by atomic mass is 10.1. The SMILES string of the molecule is CN1C(N)=N[C@H](c2cc([N+](=O)[O-])ccc2F)CS1(=O)=O. The van der Waals surface area contributed by atoms with Crippen LogP contribution in [0.15, 0.2) is 23.2 Å². The zero-order valence-electron chi connectivity index (χ0n) is 10.4. The van der Waals surface area contributed by atoms with Gasteiger partial charge in [0.15, 0.2) is 0 Å². The molecule has 0 aromatic heterocycles. The molecule has 1 atom stereocenters. The third-order valence-electron chi connectivity index (χ3n) is 2.95. The van der Waals surface area contributed by atoms with Crippen molar-refractivity contribution < 1.29 is 17.7 Å². The van der Waals surface area contributed by atoms with Crippen LogP contribution < -0.4 is 5.73 Å². The number of aliphatic imine (C=N–C) groups is 1. The van der Waals surface area contributed by atoms with Crippen LogP contribution in [0, 0.1) is 15.9 Å². The molecule has 1 aliphatic rings. The summed E-state index contributed by atoms with van der Waals surface area (Å²) in [7, 11) is -2.49. The molecular weight excluding hydrogens is 291 g/mol. The van der Waals surface area contributed by atoms with Gasteiger partial charge in [-0.1, -0.05) is 0 Å². The molecule has 2 N–H and O–H groups in total. The second kappa shape index (κ2) is 4.71. The molecule has 0 aliphatic carbocycles. The molecule has 0 fully saturated rings.